The Morgan fingerprint density at radius 2 is 1.93 bits per heavy atom. The first-order valence-corrected chi connectivity index (χ1v) is 7.14. The van der Waals surface area contributed by atoms with Crippen molar-refractivity contribution in [1.29, 1.82) is 0 Å². The third-order valence-corrected chi connectivity index (χ3v) is 2.79. The van der Waals surface area contributed by atoms with Crippen molar-refractivity contribution in [3.8, 4) is 0 Å². The van der Waals surface area contributed by atoms with Gasteiger partial charge in [0.2, 0.25) is 0 Å². The standard InChI is InChI=1S/C9H16O4Se/c1-9(2,3)8(12)13-6(5-14-4)7(10)11/h6H,5H2,1-4H3,(H,10,11). The van der Waals surface area contributed by atoms with Crippen molar-refractivity contribution in [2.75, 3.05) is 0 Å². The topological polar surface area (TPSA) is 63.6 Å². The molecule has 0 fully saturated rings. The molecule has 5 heteroatoms. The van der Waals surface area contributed by atoms with Gasteiger partial charge in [-0.1, -0.05) is 0 Å². The average molecular weight is 267 g/mol. The van der Waals surface area contributed by atoms with Crippen molar-refractivity contribution in [3.05, 3.63) is 0 Å². The first-order chi connectivity index (χ1) is 6.29. The molecule has 0 aromatic carbocycles. The molecule has 0 rings (SSSR count). The van der Waals surface area contributed by atoms with Crippen LogP contribution in [0, 0.1) is 5.41 Å². The van der Waals surface area contributed by atoms with Crippen molar-refractivity contribution in [1.82, 2.24) is 0 Å². The van der Waals surface area contributed by atoms with Crippen LogP contribution >= 0.6 is 0 Å². The van der Waals surface area contributed by atoms with E-state index in [9.17, 15) is 9.59 Å². The van der Waals surface area contributed by atoms with Crippen molar-refractivity contribution in [2.24, 2.45) is 5.41 Å². The molecule has 0 bridgehead atoms. The molecule has 0 saturated carbocycles. The Hall–Kier alpha value is -0.541. The van der Waals surface area contributed by atoms with Gasteiger partial charge in [0, 0.05) is 0 Å². The van der Waals surface area contributed by atoms with Gasteiger partial charge in [0.05, 0.1) is 0 Å². The van der Waals surface area contributed by atoms with Crippen LogP contribution in [0.4, 0.5) is 0 Å². The molecule has 0 radical (unpaired) electrons. The summed E-state index contributed by atoms with van der Waals surface area (Å²) in [6, 6.07) is 0. The van der Waals surface area contributed by atoms with Gasteiger partial charge in [0.25, 0.3) is 0 Å². The summed E-state index contributed by atoms with van der Waals surface area (Å²) in [6.07, 6.45) is -0.980. The Labute approximate surface area is 90.2 Å². The minimum absolute atomic E-state index is 0.182. The van der Waals surface area contributed by atoms with Gasteiger partial charge in [0.1, 0.15) is 0 Å². The normalized spacial score (nSPS) is 13.4. The van der Waals surface area contributed by atoms with Gasteiger partial charge >= 0.3 is 89.8 Å². The number of carboxylic acids is 1. The third-order valence-electron chi connectivity index (χ3n) is 1.46. The fourth-order valence-electron chi connectivity index (χ4n) is 0.613. The fraction of sp³-hybridized carbons (Fsp3) is 0.778. The molecule has 14 heavy (non-hydrogen) atoms. The van der Waals surface area contributed by atoms with E-state index in [-0.39, 0.29) is 15.0 Å². The predicted molar refractivity (Wildman–Crippen MR) is 53.4 cm³/mol. The molecular weight excluding hydrogens is 251 g/mol. The number of carbonyl (C=O) groups is 2. The van der Waals surface area contributed by atoms with Crippen molar-refractivity contribution in [3.63, 3.8) is 0 Å². The number of esters is 1. The summed E-state index contributed by atoms with van der Waals surface area (Å²) in [4.78, 5) is 22.1. The number of aliphatic carboxylic acids is 1. The van der Waals surface area contributed by atoms with Gasteiger partial charge in [-0.15, -0.1) is 0 Å². The molecule has 1 atom stereocenters. The number of hydrogen-bond acceptors (Lipinski definition) is 3. The maximum absolute atomic E-state index is 11.4. The van der Waals surface area contributed by atoms with Gasteiger partial charge in [-0.25, -0.2) is 0 Å². The molecular formula is C9H16O4Se. The fourth-order valence-corrected chi connectivity index (χ4v) is 1.69. The summed E-state index contributed by atoms with van der Waals surface area (Å²) < 4.78 is 4.89. The first-order valence-electron chi connectivity index (χ1n) is 4.22. The summed E-state index contributed by atoms with van der Waals surface area (Å²) in [5.74, 6) is 0.383. The van der Waals surface area contributed by atoms with Crippen LogP contribution in [0.25, 0.3) is 0 Å². The number of carboxylic acid groups (broad SMARTS) is 1. The second kappa shape index (κ2) is 5.37. The van der Waals surface area contributed by atoms with Crippen LogP contribution in [0.1, 0.15) is 20.8 Å². The molecule has 82 valence electrons. The van der Waals surface area contributed by atoms with E-state index in [1.165, 1.54) is 0 Å². The molecule has 0 aromatic rings. The van der Waals surface area contributed by atoms with Crippen LogP contribution < -0.4 is 0 Å². The average Bonchev–Trinajstić information content (AvgIpc) is 2.01. The zero-order chi connectivity index (χ0) is 11.4. The minimum atomic E-state index is -1.06. The zero-order valence-corrected chi connectivity index (χ0v) is 10.6. The van der Waals surface area contributed by atoms with E-state index >= 15 is 0 Å². The molecule has 0 aliphatic heterocycles. The van der Waals surface area contributed by atoms with Gasteiger partial charge < -0.3 is 0 Å². The summed E-state index contributed by atoms with van der Waals surface area (Å²) >= 11 is 0.182. The molecule has 0 aliphatic rings. The van der Waals surface area contributed by atoms with E-state index in [1.807, 2.05) is 5.82 Å². The molecule has 0 spiro atoms. The SMILES string of the molecule is C[Se]CC(OC(=O)C(C)(C)C)C(=O)O. The molecule has 0 aliphatic carbocycles. The van der Waals surface area contributed by atoms with Crippen molar-refractivity contribution >= 4 is 26.9 Å². The zero-order valence-electron chi connectivity index (χ0n) is 8.86. The second-order valence-corrected chi connectivity index (χ2v) is 5.85. The molecule has 0 heterocycles. The van der Waals surface area contributed by atoms with E-state index in [0.717, 1.165) is 0 Å². The van der Waals surface area contributed by atoms with E-state index in [4.69, 9.17) is 9.84 Å². The van der Waals surface area contributed by atoms with E-state index in [0.29, 0.717) is 5.32 Å². The number of ether oxygens (including phenoxy) is 1. The molecule has 1 unspecified atom stereocenters. The third kappa shape index (κ3) is 4.63. The Morgan fingerprint density at radius 1 is 1.43 bits per heavy atom. The van der Waals surface area contributed by atoms with Gasteiger partial charge in [0.15, 0.2) is 0 Å². The van der Waals surface area contributed by atoms with Crippen molar-refractivity contribution < 1.29 is 19.4 Å². The van der Waals surface area contributed by atoms with E-state index in [1.54, 1.807) is 20.8 Å². The van der Waals surface area contributed by atoms with E-state index in [2.05, 4.69) is 0 Å². The Balaban J connectivity index is 4.31. The van der Waals surface area contributed by atoms with Crippen LogP contribution in [0.5, 0.6) is 0 Å². The number of rotatable bonds is 4. The molecule has 1 N–H and O–H groups in total. The monoisotopic (exact) mass is 268 g/mol. The van der Waals surface area contributed by atoms with Gasteiger partial charge in [-0.05, 0) is 0 Å². The summed E-state index contributed by atoms with van der Waals surface area (Å²) in [5, 5.41) is 9.17. The first kappa shape index (κ1) is 13.5. The second-order valence-electron chi connectivity index (χ2n) is 3.94. The molecule has 0 aromatic heterocycles. The van der Waals surface area contributed by atoms with Gasteiger partial charge in [-0.2, -0.15) is 0 Å². The van der Waals surface area contributed by atoms with Crippen LogP contribution in [-0.4, -0.2) is 38.1 Å². The molecule has 0 amide bonds. The van der Waals surface area contributed by atoms with Crippen LogP contribution in [0.2, 0.25) is 11.1 Å². The Kier molecular flexibility index (Phi) is 5.16. The molecule has 4 nitrogen and oxygen atoms in total. The Bertz CT molecular complexity index is 219. The van der Waals surface area contributed by atoms with Gasteiger partial charge in [-0.3, -0.25) is 0 Å². The van der Waals surface area contributed by atoms with Crippen molar-refractivity contribution in [2.45, 2.75) is 38.0 Å². The molecule has 0 saturated heterocycles. The quantitative estimate of drug-likeness (QED) is 0.614. The van der Waals surface area contributed by atoms with Crippen LogP contribution in [-0.2, 0) is 14.3 Å². The maximum atomic E-state index is 11.4. The Morgan fingerprint density at radius 3 is 2.21 bits per heavy atom. The van der Waals surface area contributed by atoms with E-state index < -0.39 is 23.5 Å². The number of carbonyl (C=O) groups excluding carboxylic acids is 1. The van der Waals surface area contributed by atoms with Crippen LogP contribution in [0.15, 0.2) is 0 Å². The summed E-state index contributed by atoms with van der Waals surface area (Å²) in [6.45, 7) is 5.10. The number of hydrogen-bond donors (Lipinski definition) is 1. The summed E-state index contributed by atoms with van der Waals surface area (Å²) in [5.41, 5.74) is -0.644. The summed E-state index contributed by atoms with van der Waals surface area (Å²) in [7, 11) is 0. The predicted octanol–water partition coefficient (Wildman–Crippen LogP) is 1.20. The van der Waals surface area contributed by atoms with Crippen LogP contribution in [0.3, 0.4) is 0 Å².